The fraction of sp³-hybridized carbons (Fsp3) is 0.120. The van der Waals surface area contributed by atoms with Crippen molar-refractivity contribution >= 4 is 34.4 Å². The second kappa shape index (κ2) is 8.78. The summed E-state index contributed by atoms with van der Waals surface area (Å²) in [7, 11) is 0. The molecular weight excluding hydrogens is 437 g/mol. The van der Waals surface area contributed by atoms with E-state index in [1.54, 1.807) is 36.4 Å². The summed E-state index contributed by atoms with van der Waals surface area (Å²) >= 11 is 0. The first-order valence-corrected chi connectivity index (χ1v) is 10.6. The number of aromatic amines is 1. The van der Waals surface area contributed by atoms with E-state index in [2.05, 4.69) is 20.4 Å². The van der Waals surface area contributed by atoms with Crippen LogP contribution in [0, 0.1) is 5.82 Å². The molecule has 0 fully saturated rings. The van der Waals surface area contributed by atoms with Crippen LogP contribution in [0.1, 0.15) is 30.8 Å². The lowest BCUT2D eigenvalue weighted by Gasteiger charge is -2.21. The number of rotatable bonds is 4. The van der Waals surface area contributed by atoms with Crippen molar-refractivity contribution in [2.75, 3.05) is 5.32 Å². The van der Waals surface area contributed by atoms with Gasteiger partial charge in [0.25, 0.3) is 0 Å². The van der Waals surface area contributed by atoms with Gasteiger partial charge in [0, 0.05) is 19.0 Å². The molecule has 0 bridgehead atoms. The molecule has 2 heterocycles. The Balaban J connectivity index is 1.43. The zero-order valence-corrected chi connectivity index (χ0v) is 18.2. The van der Waals surface area contributed by atoms with E-state index in [1.807, 2.05) is 24.3 Å². The maximum Gasteiger partial charge on any atom is 0.436 e. The fourth-order valence-corrected chi connectivity index (χ4v) is 3.81. The Hall–Kier alpha value is -4.53. The van der Waals surface area contributed by atoms with E-state index in [0.29, 0.717) is 35.0 Å². The van der Waals surface area contributed by atoms with Crippen LogP contribution in [-0.2, 0) is 4.79 Å². The molecule has 1 atom stereocenters. The molecule has 0 spiro atoms. The Morgan fingerprint density at radius 2 is 1.79 bits per heavy atom. The minimum absolute atomic E-state index is 0.198. The molecule has 2 amide bonds. The summed E-state index contributed by atoms with van der Waals surface area (Å²) in [5, 5.41) is 8.42. The molecule has 0 saturated heterocycles. The third-order valence-electron chi connectivity index (χ3n) is 5.39. The van der Waals surface area contributed by atoms with Gasteiger partial charge in [-0.05, 0) is 54.1 Å². The van der Waals surface area contributed by atoms with Gasteiger partial charge >= 0.3 is 6.09 Å². The van der Waals surface area contributed by atoms with E-state index in [0.717, 1.165) is 11.0 Å². The molecule has 34 heavy (non-hydrogen) atoms. The van der Waals surface area contributed by atoms with Crippen molar-refractivity contribution in [3.05, 3.63) is 90.0 Å². The molecule has 9 heteroatoms. The summed E-state index contributed by atoms with van der Waals surface area (Å²) in [5.41, 5.74) is 3.54. The van der Waals surface area contributed by atoms with Crippen LogP contribution in [0.3, 0.4) is 0 Å². The minimum Gasteiger partial charge on any atom is -0.409 e. The van der Waals surface area contributed by atoms with Crippen LogP contribution in [0.5, 0.6) is 5.75 Å². The highest BCUT2D eigenvalue weighted by molar-refractivity contribution is 6.02. The number of H-pyrrole nitrogens is 1. The summed E-state index contributed by atoms with van der Waals surface area (Å²) in [6.45, 7) is 1.41. The lowest BCUT2D eigenvalue weighted by Crippen LogP contribution is -2.29. The number of fused-ring (bicyclic) bond motifs is 1. The molecule has 0 aliphatic carbocycles. The van der Waals surface area contributed by atoms with Gasteiger partial charge in [-0.3, -0.25) is 4.79 Å². The second-order valence-corrected chi connectivity index (χ2v) is 7.84. The Morgan fingerprint density at radius 1 is 1.06 bits per heavy atom. The normalized spacial score (nSPS) is 15.3. The second-order valence-electron chi connectivity index (χ2n) is 7.84. The number of anilines is 1. The van der Waals surface area contributed by atoms with Gasteiger partial charge in [0.2, 0.25) is 5.91 Å². The Kier molecular flexibility index (Phi) is 5.51. The zero-order chi connectivity index (χ0) is 23.7. The molecule has 0 radical (unpaired) electrons. The SMILES string of the molecule is CC(=O)Nc1ccc(OC(=O)N2N=C(c3nc4ccccc4[nH]3)CC2c2ccc(F)cc2)cc1. The van der Waals surface area contributed by atoms with Crippen molar-refractivity contribution in [2.45, 2.75) is 19.4 Å². The lowest BCUT2D eigenvalue weighted by molar-refractivity contribution is -0.114. The van der Waals surface area contributed by atoms with E-state index in [4.69, 9.17) is 4.74 Å². The predicted octanol–water partition coefficient (Wildman–Crippen LogP) is 5.01. The molecule has 170 valence electrons. The van der Waals surface area contributed by atoms with Gasteiger partial charge < -0.3 is 15.0 Å². The van der Waals surface area contributed by atoms with Gasteiger partial charge in [-0.2, -0.15) is 10.1 Å². The molecular formula is C25H20FN5O3. The van der Waals surface area contributed by atoms with Crippen LogP contribution in [0.15, 0.2) is 77.9 Å². The standard InChI is InChI=1S/C25H20FN5O3/c1-15(32)27-18-10-12-19(13-11-18)34-25(33)31-23(16-6-8-17(26)9-7-16)14-22(30-31)24-28-20-4-2-3-5-21(20)29-24/h2-13,23H,14H2,1H3,(H,27,32)(H,28,29). The Morgan fingerprint density at radius 3 is 2.50 bits per heavy atom. The van der Waals surface area contributed by atoms with Gasteiger partial charge in [0.15, 0.2) is 5.82 Å². The quantitative estimate of drug-likeness (QED) is 0.450. The summed E-state index contributed by atoms with van der Waals surface area (Å²) in [6.07, 6.45) is -0.310. The average molecular weight is 457 g/mol. The van der Waals surface area contributed by atoms with Crippen molar-refractivity contribution in [3.8, 4) is 5.75 Å². The van der Waals surface area contributed by atoms with E-state index < -0.39 is 12.1 Å². The monoisotopic (exact) mass is 457 g/mol. The molecule has 8 nitrogen and oxygen atoms in total. The summed E-state index contributed by atoms with van der Waals surface area (Å²) in [5.74, 6) is 0.289. The van der Waals surface area contributed by atoms with Crippen LogP contribution in [0.2, 0.25) is 0 Å². The van der Waals surface area contributed by atoms with Crippen molar-refractivity contribution in [1.82, 2.24) is 15.0 Å². The highest BCUT2D eigenvalue weighted by Gasteiger charge is 2.35. The first-order chi connectivity index (χ1) is 16.5. The predicted molar refractivity (Wildman–Crippen MR) is 125 cm³/mol. The number of benzene rings is 3. The minimum atomic E-state index is -0.687. The number of nitrogens with one attached hydrogen (secondary N) is 2. The molecule has 2 N–H and O–H groups in total. The number of hydrogen-bond donors (Lipinski definition) is 2. The van der Waals surface area contributed by atoms with Gasteiger partial charge in [0.05, 0.1) is 17.1 Å². The maximum atomic E-state index is 13.5. The van der Waals surface area contributed by atoms with E-state index in [1.165, 1.54) is 24.1 Å². The maximum absolute atomic E-state index is 13.5. The zero-order valence-electron chi connectivity index (χ0n) is 18.2. The number of hydrogen-bond acceptors (Lipinski definition) is 5. The number of aromatic nitrogens is 2. The largest absolute Gasteiger partial charge is 0.436 e. The number of halogens is 1. The summed E-state index contributed by atoms with van der Waals surface area (Å²) in [6, 6.07) is 19.5. The average Bonchev–Trinajstić information content (AvgIpc) is 3.45. The van der Waals surface area contributed by atoms with Crippen molar-refractivity contribution < 1.29 is 18.7 Å². The molecule has 5 rings (SSSR count). The number of carbonyl (C=O) groups excluding carboxylic acids is 2. The van der Waals surface area contributed by atoms with Gasteiger partial charge in [0.1, 0.15) is 17.3 Å². The van der Waals surface area contributed by atoms with Crippen molar-refractivity contribution in [3.63, 3.8) is 0 Å². The third-order valence-corrected chi connectivity index (χ3v) is 5.39. The first-order valence-electron chi connectivity index (χ1n) is 10.6. The number of ether oxygens (including phenoxy) is 1. The van der Waals surface area contributed by atoms with E-state index in [-0.39, 0.29) is 11.7 Å². The molecule has 1 aliphatic heterocycles. The number of nitrogens with zero attached hydrogens (tertiary/aromatic N) is 3. The molecule has 0 saturated carbocycles. The topological polar surface area (TPSA) is 99.7 Å². The number of carbonyl (C=O) groups is 2. The fourth-order valence-electron chi connectivity index (χ4n) is 3.81. The van der Waals surface area contributed by atoms with Crippen LogP contribution in [0.4, 0.5) is 14.9 Å². The molecule has 1 unspecified atom stereocenters. The highest BCUT2D eigenvalue weighted by Crippen LogP contribution is 2.33. The van der Waals surface area contributed by atoms with Crippen LogP contribution in [-0.4, -0.2) is 32.7 Å². The molecule has 1 aliphatic rings. The summed E-state index contributed by atoms with van der Waals surface area (Å²) < 4.78 is 19.1. The van der Waals surface area contributed by atoms with Gasteiger partial charge in [-0.15, -0.1) is 0 Å². The number of imidazole rings is 1. The Bertz CT molecular complexity index is 1360. The van der Waals surface area contributed by atoms with E-state index in [9.17, 15) is 14.0 Å². The number of amides is 2. The van der Waals surface area contributed by atoms with Crippen LogP contribution < -0.4 is 10.1 Å². The number of para-hydroxylation sites is 2. The van der Waals surface area contributed by atoms with Crippen molar-refractivity contribution in [1.29, 1.82) is 0 Å². The Labute approximate surface area is 194 Å². The number of hydrazone groups is 1. The smallest absolute Gasteiger partial charge is 0.409 e. The van der Waals surface area contributed by atoms with Gasteiger partial charge in [-0.25, -0.2) is 14.2 Å². The van der Waals surface area contributed by atoms with E-state index >= 15 is 0 Å². The van der Waals surface area contributed by atoms with Crippen molar-refractivity contribution in [2.24, 2.45) is 5.10 Å². The lowest BCUT2D eigenvalue weighted by atomic mass is 10.0. The molecule has 3 aromatic carbocycles. The third kappa shape index (κ3) is 4.36. The summed E-state index contributed by atoms with van der Waals surface area (Å²) in [4.78, 5) is 32.1. The molecule has 4 aromatic rings. The first kappa shape index (κ1) is 21.3. The molecule has 1 aromatic heterocycles. The van der Waals surface area contributed by atoms with Crippen LogP contribution in [0.25, 0.3) is 11.0 Å². The van der Waals surface area contributed by atoms with Crippen LogP contribution >= 0.6 is 0 Å². The van der Waals surface area contributed by atoms with Gasteiger partial charge in [-0.1, -0.05) is 24.3 Å². The highest BCUT2D eigenvalue weighted by atomic mass is 19.1.